The van der Waals surface area contributed by atoms with E-state index in [1.165, 1.54) is 16.0 Å². The van der Waals surface area contributed by atoms with E-state index in [2.05, 4.69) is 47.7 Å². The molecule has 3 heteroatoms. The van der Waals surface area contributed by atoms with Crippen LogP contribution in [0.1, 0.15) is 35.4 Å². The third-order valence-corrected chi connectivity index (χ3v) is 3.94. The van der Waals surface area contributed by atoms with Crippen LogP contribution in [0.3, 0.4) is 0 Å². The van der Waals surface area contributed by atoms with Gasteiger partial charge in [0.05, 0.1) is 0 Å². The standard InChI is InChI=1S/C15H20N2S/c1-3-17-15(7-6-14-5-4-8-18-14)13-9-12(2)10-16-11-13/h4-5,8-11,15,17H,3,6-7H2,1-2H3. The molecule has 0 amide bonds. The van der Waals surface area contributed by atoms with Crippen molar-refractivity contribution in [3.05, 3.63) is 52.0 Å². The van der Waals surface area contributed by atoms with Crippen molar-refractivity contribution in [2.24, 2.45) is 0 Å². The largest absolute Gasteiger partial charge is 0.310 e. The van der Waals surface area contributed by atoms with Gasteiger partial charge in [-0.05, 0) is 48.9 Å². The fourth-order valence-electron chi connectivity index (χ4n) is 2.14. The van der Waals surface area contributed by atoms with Crippen LogP contribution in [0, 0.1) is 6.92 Å². The van der Waals surface area contributed by atoms with Gasteiger partial charge in [0.25, 0.3) is 0 Å². The van der Waals surface area contributed by atoms with Crippen molar-refractivity contribution in [3.63, 3.8) is 0 Å². The topological polar surface area (TPSA) is 24.9 Å². The van der Waals surface area contributed by atoms with Crippen LogP contribution in [0.5, 0.6) is 0 Å². The molecular formula is C15H20N2S. The minimum Gasteiger partial charge on any atom is -0.310 e. The van der Waals surface area contributed by atoms with Crippen molar-refractivity contribution in [3.8, 4) is 0 Å². The molecule has 0 radical (unpaired) electrons. The van der Waals surface area contributed by atoms with E-state index < -0.39 is 0 Å². The van der Waals surface area contributed by atoms with Crippen molar-refractivity contribution in [2.75, 3.05) is 6.54 Å². The highest BCUT2D eigenvalue weighted by molar-refractivity contribution is 7.09. The molecule has 2 heterocycles. The molecule has 0 aromatic carbocycles. The van der Waals surface area contributed by atoms with Crippen LogP contribution in [0.15, 0.2) is 36.0 Å². The highest BCUT2D eigenvalue weighted by Crippen LogP contribution is 2.21. The van der Waals surface area contributed by atoms with E-state index in [0.29, 0.717) is 6.04 Å². The summed E-state index contributed by atoms with van der Waals surface area (Å²) in [5.41, 5.74) is 2.53. The molecule has 2 rings (SSSR count). The van der Waals surface area contributed by atoms with Crippen LogP contribution >= 0.6 is 11.3 Å². The number of nitrogens with one attached hydrogen (secondary N) is 1. The SMILES string of the molecule is CCNC(CCc1cccs1)c1cncc(C)c1. The Bertz CT molecular complexity index is 465. The van der Waals surface area contributed by atoms with E-state index in [9.17, 15) is 0 Å². The Labute approximate surface area is 113 Å². The number of nitrogens with zero attached hydrogens (tertiary/aromatic N) is 1. The normalized spacial score (nSPS) is 12.6. The first kappa shape index (κ1) is 13.2. The third kappa shape index (κ3) is 3.65. The molecule has 0 saturated heterocycles. The maximum atomic E-state index is 4.29. The summed E-state index contributed by atoms with van der Waals surface area (Å²) in [4.78, 5) is 5.75. The van der Waals surface area contributed by atoms with Gasteiger partial charge in [-0.2, -0.15) is 0 Å². The summed E-state index contributed by atoms with van der Waals surface area (Å²) >= 11 is 1.84. The molecule has 0 spiro atoms. The van der Waals surface area contributed by atoms with E-state index in [1.54, 1.807) is 0 Å². The fraction of sp³-hybridized carbons (Fsp3) is 0.400. The van der Waals surface area contributed by atoms with Gasteiger partial charge in [-0.3, -0.25) is 4.98 Å². The Morgan fingerprint density at radius 3 is 2.94 bits per heavy atom. The van der Waals surface area contributed by atoms with Gasteiger partial charge < -0.3 is 5.32 Å². The molecule has 1 N–H and O–H groups in total. The van der Waals surface area contributed by atoms with Gasteiger partial charge >= 0.3 is 0 Å². The molecule has 0 aliphatic rings. The van der Waals surface area contributed by atoms with Crippen molar-refractivity contribution in [1.82, 2.24) is 10.3 Å². The minimum absolute atomic E-state index is 0.407. The van der Waals surface area contributed by atoms with Crippen LogP contribution in [0.2, 0.25) is 0 Å². The highest BCUT2D eigenvalue weighted by atomic mass is 32.1. The van der Waals surface area contributed by atoms with Crippen molar-refractivity contribution in [2.45, 2.75) is 32.7 Å². The third-order valence-electron chi connectivity index (χ3n) is 3.01. The van der Waals surface area contributed by atoms with E-state index in [0.717, 1.165) is 19.4 Å². The lowest BCUT2D eigenvalue weighted by Gasteiger charge is -2.18. The molecule has 0 aliphatic carbocycles. The summed E-state index contributed by atoms with van der Waals surface area (Å²) in [6, 6.07) is 6.97. The molecule has 96 valence electrons. The van der Waals surface area contributed by atoms with Gasteiger partial charge in [-0.1, -0.05) is 19.1 Å². The summed E-state index contributed by atoms with van der Waals surface area (Å²) in [6.07, 6.45) is 6.14. The van der Waals surface area contributed by atoms with Crippen LogP contribution in [-0.2, 0) is 6.42 Å². The van der Waals surface area contributed by atoms with Crippen LogP contribution < -0.4 is 5.32 Å². The molecule has 0 aliphatic heterocycles. The number of rotatable bonds is 6. The molecule has 1 atom stereocenters. The maximum absolute atomic E-state index is 4.29. The number of thiophene rings is 1. The molecule has 18 heavy (non-hydrogen) atoms. The predicted octanol–water partition coefficient (Wildman–Crippen LogP) is 3.73. The number of aryl methyl sites for hydroxylation is 2. The Hall–Kier alpha value is -1.19. The summed E-state index contributed by atoms with van der Waals surface area (Å²) in [5, 5.41) is 5.70. The number of pyridine rings is 1. The second-order valence-corrected chi connectivity index (χ2v) is 5.56. The zero-order valence-electron chi connectivity index (χ0n) is 11.0. The second kappa shape index (κ2) is 6.66. The van der Waals surface area contributed by atoms with Crippen LogP contribution in [-0.4, -0.2) is 11.5 Å². The van der Waals surface area contributed by atoms with Gasteiger partial charge in [0.15, 0.2) is 0 Å². The summed E-state index contributed by atoms with van der Waals surface area (Å²) in [6.45, 7) is 5.24. The lowest BCUT2D eigenvalue weighted by atomic mass is 10.0. The highest BCUT2D eigenvalue weighted by Gasteiger charge is 2.11. The van der Waals surface area contributed by atoms with Gasteiger partial charge in [-0.15, -0.1) is 11.3 Å². The molecular weight excluding hydrogens is 240 g/mol. The van der Waals surface area contributed by atoms with Gasteiger partial charge in [0, 0.05) is 23.3 Å². The summed E-state index contributed by atoms with van der Waals surface area (Å²) < 4.78 is 0. The Morgan fingerprint density at radius 2 is 2.28 bits per heavy atom. The lowest BCUT2D eigenvalue weighted by molar-refractivity contribution is 0.515. The molecule has 2 aromatic heterocycles. The molecule has 0 fully saturated rings. The Kier molecular flexibility index (Phi) is 4.90. The van der Waals surface area contributed by atoms with E-state index in [1.807, 2.05) is 23.7 Å². The van der Waals surface area contributed by atoms with Crippen molar-refractivity contribution in [1.29, 1.82) is 0 Å². The average Bonchev–Trinajstić information content (AvgIpc) is 2.87. The molecule has 1 unspecified atom stereocenters. The number of aromatic nitrogens is 1. The zero-order valence-corrected chi connectivity index (χ0v) is 11.8. The van der Waals surface area contributed by atoms with Crippen molar-refractivity contribution < 1.29 is 0 Å². The maximum Gasteiger partial charge on any atom is 0.0338 e. The second-order valence-electron chi connectivity index (χ2n) is 4.52. The smallest absolute Gasteiger partial charge is 0.0338 e. The van der Waals surface area contributed by atoms with Crippen LogP contribution in [0.25, 0.3) is 0 Å². The van der Waals surface area contributed by atoms with E-state index in [-0.39, 0.29) is 0 Å². The summed E-state index contributed by atoms with van der Waals surface area (Å²) in [5.74, 6) is 0. The lowest BCUT2D eigenvalue weighted by Crippen LogP contribution is -2.21. The molecule has 2 nitrogen and oxygen atoms in total. The zero-order chi connectivity index (χ0) is 12.8. The monoisotopic (exact) mass is 260 g/mol. The first-order valence-corrected chi connectivity index (χ1v) is 7.35. The molecule has 0 saturated carbocycles. The van der Waals surface area contributed by atoms with E-state index in [4.69, 9.17) is 0 Å². The predicted molar refractivity (Wildman–Crippen MR) is 78.0 cm³/mol. The number of hydrogen-bond donors (Lipinski definition) is 1. The first-order chi connectivity index (χ1) is 8.79. The quantitative estimate of drug-likeness (QED) is 0.856. The Morgan fingerprint density at radius 1 is 1.39 bits per heavy atom. The molecule has 0 bridgehead atoms. The van der Waals surface area contributed by atoms with Crippen molar-refractivity contribution >= 4 is 11.3 Å². The van der Waals surface area contributed by atoms with E-state index >= 15 is 0 Å². The fourth-order valence-corrected chi connectivity index (χ4v) is 2.87. The number of hydrogen-bond acceptors (Lipinski definition) is 3. The average molecular weight is 260 g/mol. The minimum atomic E-state index is 0.407. The Balaban J connectivity index is 2.03. The first-order valence-electron chi connectivity index (χ1n) is 6.47. The van der Waals surface area contributed by atoms with Gasteiger partial charge in [0.2, 0.25) is 0 Å². The van der Waals surface area contributed by atoms with Crippen LogP contribution in [0.4, 0.5) is 0 Å². The van der Waals surface area contributed by atoms with Gasteiger partial charge in [0.1, 0.15) is 0 Å². The van der Waals surface area contributed by atoms with Gasteiger partial charge in [-0.25, -0.2) is 0 Å². The molecule has 2 aromatic rings. The summed E-state index contributed by atoms with van der Waals surface area (Å²) in [7, 11) is 0.